The molecule has 0 aliphatic carbocycles. The van der Waals surface area contributed by atoms with Gasteiger partial charge in [0.15, 0.2) is 0 Å². The molecule has 0 aliphatic rings. The molecule has 0 aliphatic heterocycles. The van der Waals surface area contributed by atoms with Gasteiger partial charge in [-0.05, 0) is 25.5 Å². The summed E-state index contributed by atoms with van der Waals surface area (Å²) in [4.78, 5) is 23.7. The van der Waals surface area contributed by atoms with Crippen molar-refractivity contribution in [2.45, 2.75) is 26.2 Å². The van der Waals surface area contributed by atoms with Crippen molar-refractivity contribution < 1.29 is 9.59 Å². The number of rotatable bonds is 9. The van der Waals surface area contributed by atoms with Gasteiger partial charge in [0.25, 0.3) is 0 Å². The first-order chi connectivity index (χ1) is 15.0. The SMILES string of the molecule is Cc1ccc(-c2nnc(-c3cccc(NC(=O)CCCC(=O)NCCN)c3)nn2)cc1. The summed E-state index contributed by atoms with van der Waals surface area (Å²) < 4.78 is 0. The van der Waals surface area contributed by atoms with Crippen molar-refractivity contribution in [1.29, 1.82) is 0 Å². The highest BCUT2D eigenvalue weighted by atomic mass is 16.2. The van der Waals surface area contributed by atoms with Crippen LogP contribution in [0.15, 0.2) is 48.5 Å². The van der Waals surface area contributed by atoms with E-state index in [1.54, 1.807) is 18.2 Å². The van der Waals surface area contributed by atoms with Gasteiger partial charge in [-0.25, -0.2) is 0 Å². The van der Waals surface area contributed by atoms with E-state index in [2.05, 4.69) is 31.0 Å². The molecule has 31 heavy (non-hydrogen) atoms. The largest absolute Gasteiger partial charge is 0.355 e. The molecule has 160 valence electrons. The van der Waals surface area contributed by atoms with Gasteiger partial charge in [-0.3, -0.25) is 9.59 Å². The fourth-order valence-electron chi connectivity index (χ4n) is 2.83. The second kappa shape index (κ2) is 10.9. The van der Waals surface area contributed by atoms with Crippen molar-refractivity contribution in [3.8, 4) is 22.8 Å². The van der Waals surface area contributed by atoms with Gasteiger partial charge in [0.05, 0.1) is 0 Å². The number of aryl methyl sites for hydroxylation is 1. The van der Waals surface area contributed by atoms with Crippen LogP contribution in [-0.4, -0.2) is 45.3 Å². The van der Waals surface area contributed by atoms with Gasteiger partial charge in [-0.2, -0.15) is 0 Å². The van der Waals surface area contributed by atoms with E-state index in [1.165, 1.54) is 0 Å². The monoisotopic (exact) mass is 419 g/mol. The van der Waals surface area contributed by atoms with Crippen LogP contribution >= 0.6 is 0 Å². The van der Waals surface area contributed by atoms with E-state index in [0.717, 1.165) is 11.1 Å². The smallest absolute Gasteiger partial charge is 0.224 e. The van der Waals surface area contributed by atoms with Crippen molar-refractivity contribution in [2.75, 3.05) is 18.4 Å². The van der Waals surface area contributed by atoms with Crippen molar-refractivity contribution >= 4 is 17.5 Å². The average molecular weight is 419 g/mol. The van der Waals surface area contributed by atoms with Crippen LogP contribution in [0.1, 0.15) is 24.8 Å². The maximum atomic E-state index is 12.2. The molecule has 9 nitrogen and oxygen atoms in total. The van der Waals surface area contributed by atoms with Crippen LogP contribution in [0.5, 0.6) is 0 Å². The second-order valence-corrected chi connectivity index (χ2v) is 7.03. The van der Waals surface area contributed by atoms with Gasteiger partial charge in [-0.1, -0.05) is 42.0 Å². The molecule has 0 fully saturated rings. The predicted octanol–water partition coefficient (Wildman–Crippen LogP) is 2.09. The molecule has 3 rings (SSSR count). The van der Waals surface area contributed by atoms with Gasteiger partial charge >= 0.3 is 0 Å². The molecule has 1 heterocycles. The Hall–Kier alpha value is -3.72. The number of carbonyl (C=O) groups is 2. The van der Waals surface area contributed by atoms with E-state index in [-0.39, 0.29) is 24.7 Å². The topological polar surface area (TPSA) is 136 Å². The molecule has 0 unspecified atom stereocenters. The molecule has 4 N–H and O–H groups in total. The van der Waals surface area contributed by atoms with Crippen LogP contribution < -0.4 is 16.4 Å². The summed E-state index contributed by atoms with van der Waals surface area (Å²) in [6.45, 7) is 2.85. The lowest BCUT2D eigenvalue weighted by molar-refractivity contribution is -0.121. The summed E-state index contributed by atoms with van der Waals surface area (Å²) >= 11 is 0. The van der Waals surface area contributed by atoms with Gasteiger partial charge < -0.3 is 16.4 Å². The summed E-state index contributed by atoms with van der Waals surface area (Å²) in [6, 6.07) is 14.9. The number of benzene rings is 2. The minimum Gasteiger partial charge on any atom is -0.355 e. The van der Waals surface area contributed by atoms with E-state index < -0.39 is 0 Å². The summed E-state index contributed by atoms with van der Waals surface area (Å²) in [5, 5.41) is 22.2. The van der Waals surface area contributed by atoms with E-state index in [1.807, 2.05) is 37.3 Å². The average Bonchev–Trinajstić information content (AvgIpc) is 2.78. The molecule has 3 aromatic rings. The summed E-state index contributed by atoms with van der Waals surface area (Å²) in [5.41, 5.74) is 8.63. The van der Waals surface area contributed by atoms with Crippen LogP contribution in [-0.2, 0) is 9.59 Å². The molecule has 0 saturated heterocycles. The maximum Gasteiger partial charge on any atom is 0.224 e. The lowest BCUT2D eigenvalue weighted by Crippen LogP contribution is -2.28. The number of nitrogens with zero attached hydrogens (tertiary/aromatic N) is 4. The number of aromatic nitrogens is 4. The van der Waals surface area contributed by atoms with Gasteiger partial charge in [0, 0.05) is 42.7 Å². The van der Waals surface area contributed by atoms with Crippen LogP contribution in [0, 0.1) is 6.92 Å². The molecule has 0 atom stereocenters. The standard InChI is InChI=1S/C22H25N7O2/c1-15-8-10-16(11-9-15)21-26-28-22(29-27-21)17-4-2-5-18(14-17)25-20(31)7-3-6-19(30)24-13-12-23/h2,4-5,8-11,14H,3,6-7,12-13,23H2,1H3,(H,24,30)(H,25,31). The predicted molar refractivity (Wildman–Crippen MR) is 118 cm³/mol. The zero-order valence-corrected chi connectivity index (χ0v) is 17.3. The number of amides is 2. The van der Waals surface area contributed by atoms with E-state index in [0.29, 0.717) is 42.4 Å². The number of carbonyl (C=O) groups excluding carboxylic acids is 2. The van der Waals surface area contributed by atoms with Crippen LogP contribution in [0.4, 0.5) is 5.69 Å². The number of hydrogen-bond donors (Lipinski definition) is 3. The van der Waals surface area contributed by atoms with Crippen molar-refractivity contribution in [3.63, 3.8) is 0 Å². The minimum atomic E-state index is -0.171. The summed E-state index contributed by atoms with van der Waals surface area (Å²) in [5.74, 6) is 0.536. The minimum absolute atomic E-state index is 0.105. The second-order valence-electron chi connectivity index (χ2n) is 7.03. The van der Waals surface area contributed by atoms with Crippen molar-refractivity contribution in [3.05, 3.63) is 54.1 Å². The molecular weight excluding hydrogens is 394 g/mol. The number of anilines is 1. The Morgan fingerprint density at radius 3 is 2.19 bits per heavy atom. The third kappa shape index (κ3) is 6.65. The summed E-state index contributed by atoms with van der Waals surface area (Å²) in [6.07, 6.45) is 0.983. The van der Waals surface area contributed by atoms with E-state index in [9.17, 15) is 9.59 Å². The molecule has 0 radical (unpaired) electrons. The third-order valence-electron chi connectivity index (χ3n) is 4.47. The van der Waals surface area contributed by atoms with Crippen LogP contribution in [0.25, 0.3) is 22.8 Å². The Bertz CT molecular complexity index is 1020. The molecule has 0 spiro atoms. The van der Waals surface area contributed by atoms with Gasteiger partial charge in [0.2, 0.25) is 23.5 Å². The number of hydrogen-bond acceptors (Lipinski definition) is 7. The highest BCUT2D eigenvalue weighted by molar-refractivity contribution is 5.91. The molecular formula is C22H25N7O2. The van der Waals surface area contributed by atoms with Gasteiger partial charge in [0.1, 0.15) is 0 Å². The molecule has 1 aromatic heterocycles. The lowest BCUT2D eigenvalue weighted by Gasteiger charge is -2.07. The van der Waals surface area contributed by atoms with Crippen molar-refractivity contribution in [2.24, 2.45) is 5.73 Å². The van der Waals surface area contributed by atoms with E-state index in [4.69, 9.17) is 5.73 Å². The Morgan fingerprint density at radius 1 is 0.871 bits per heavy atom. The molecule has 2 aromatic carbocycles. The number of nitrogens with two attached hydrogens (primary N) is 1. The Labute approximate surface area is 180 Å². The zero-order valence-electron chi connectivity index (χ0n) is 17.3. The number of nitrogens with one attached hydrogen (secondary N) is 2. The molecule has 0 bridgehead atoms. The lowest BCUT2D eigenvalue weighted by atomic mass is 10.1. The first kappa shape index (κ1) is 22.0. The highest BCUT2D eigenvalue weighted by Gasteiger charge is 2.09. The highest BCUT2D eigenvalue weighted by Crippen LogP contribution is 2.20. The fraction of sp³-hybridized carbons (Fsp3) is 0.273. The first-order valence-corrected chi connectivity index (χ1v) is 10.1. The zero-order chi connectivity index (χ0) is 22.1. The third-order valence-corrected chi connectivity index (χ3v) is 4.47. The van der Waals surface area contributed by atoms with Gasteiger partial charge in [-0.15, -0.1) is 20.4 Å². The van der Waals surface area contributed by atoms with Crippen LogP contribution in [0.3, 0.4) is 0 Å². The van der Waals surface area contributed by atoms with E-state index >= 15 is 0 Å². The molecule has 2 amide bonds. The molecule has 0 saturated carbocycles. The Balaban J connectivity index is 1.58. The fourth-order valence-corrected chi connectivity index (χ4v) is 2.83. The maximum absolute atomic E-state index is 12.2. The van der Waals surface area contributed by atoms with Crippen LogP contribution in [0.2, 0.25) is 0 Å². The first-order valence-electron chi connectivity index (χ1n) is 10.1. The molecule has 9 heteroatoms. The Morgan fingerprint density at radius 2 is 1.52 bits per heavy atom. The van der Waals surface area contributed by atoms with Crippen molar-refractivity contribution in [1.82, 2.24) is 25.7 Å². The summed E-state index contributed by atoms with van der Waals surface area (Å²) in [7, 11) is 0. The normalized spacial score (nSPS) is 10.5. The Kier molecular flexibility index (Phi) is 7.72. The quantitative estimate of drug-likeness (QED) is 0.483.